The van der Waals surface area contributed by atoms with Crippen LogP contribution in [0, 0.1) is 0 Å². The van der Waals surface area contributed by atoms with E-state index in [1.807, 2.05) is 42.2 Å². The lowest BCUT2D eigenvalue weighted by atomic mass is 10.0. The van der Waals surface area contributed by atoms with Crippen LogP contribution in [-0.2, 0) is 9.53 Å². The van der Waals surface area contributed by atoms with E-state index in [0.717, 1.165) is 5.56 Å². The number of hydrogen-bond donors (Lipinski definition) is 1. The maximum absolute atomic E-state index is 11.8. The summed E-state index contributed by atoms with van der Waals surface area (Å²) in [7, 11) is 0. The Morgan fingerprint density at radius 2 is 2.18 bits per heavy atom. The molecule has 2 rings (SSSR count). The zero-order chi connectivity index (χ0) is 12.3. The van der Waals surface area contributed by atoms with Crippen molar-refractivity contribution in [2.24, 2.45) is 5.73 Å². The van der Waals surface area contributed by atoms with Gasteiger partial charge in [0.05, 0.1) is 25.3 Å². The first-order valence-electron chi connectivity index (χ1n) is 5.88. The van der Waals surface area contributed by atoms with Crippen LogP contribution in [0.15, 0.2) is 30.3 Å². The largest absolute Gasteiger partial charge is 0.374 e. The van der Waals surface area contributed by atoms with E-state index in [-0.39, 0.29) is 24.6 Å². The van der Waals surface area contributed by atoms with E-state index in [4.69, 9.17) is 10.5 Å². The average molecular weight is 234 g/mol. The van der Waals surface area contributed by atoms with E-state index in [1.165, 1.54) is 0 Å². The molecule has 0 aromatic heterocycles. The zero-order valence-corrected chi connectivity index (χ0v) is 10.0. The molecule has 1 saturated heterocycles. The first-order chi connectivity index (χ1) is 8.22. The molecule has 1 aromatic carbocycles. The van der Waals surface area contributed by atoms with Gasteiger partial charge in [-0.25, -0.2) is 0 Å². The molecule has 1 aromatic rings. The van der Waals surface area contributed by atoms with Crippen LogP contribution < -0.4 is 5.73 Å². The second-order valence-corrected chi connectivity index (χ2v) is 4.32. The van der Waals surface area contributed by atoms with Gasteiger partial charge in [0.15, 0.2) is 0 Å². The molecule has 1 heterocycles. The Labute approximate surface area is 101 Å². The highest BCUT2D eigenvalue weighted by Gasteiger charge is 2.30. The van der Waals surface area contributed by atoms with Crippen molar-refractivity contribution < 1.29 is 9.53 Å². The van der Waals surface area contributed by atoms with Crippen LogP contribution in [0.5, 0.6) is 0 Å². The summed E-state index contributed by atoms with van der Waals surface area (Å²) < 4.78 is 5.64. The molecular weight excluding hydrogens is 216 g/mol. The van der Waals surface area contributed by atoms with Gasteiger partial charge in [0.2, 0.25) is 5.91 Å². The molecule has 2 atom stereocenters. The molecule has 2 N–H and O–H groups in total. The maximum Gasteiger partial charge on any atom is 0.236 e. The topological polar surface area (TPSA) is 55.6 Å². The molecule has 2 unspecified atom stereocenters. The van der Waals surface area contributed by atoms with Crippen LogP contribution in [0.2, 0.25) is 0 Å². The number of amides is 1. The third-order valence-electron chi connectivity index (χ3n) is 3.05. The number of nitrogens with zero attached hydrogens (tertiary/aromatic N) is 1. The first kappa shape index (κ1) is 12.1. The fraction of sp³-hybridized carbons (Fsp3) is 0.462. The van der Waals surface area contributed by atoms with E-state index in [9.17, 15) is 4.79 Å². The molecular formula is C13H18N2O2. The normalized spacial score (nSPS) is 24.7. The molecule has 0 radical (unpaired) electrons. The number of benzene rings is 1. The van der Waals surface area contributed by atoms with Gasteiger partial charge >= 0.3 is 0 Å². The first-order valence-corrected chi connectivity index (χ1v) is 5.88. The van der Waals surface area contributed by atoms with Gasteiger partial charge in [-0.05, 0) is 12.5 Å². The number of morpholine rings is 1. The molecule has 92 valence electrons. The molecule has 1 aliphatic heterocycles. The van der Waals surface area contributed by atoms with Crippen molar-refractivity contribution >= 4 is 5.91 Å². The van der Waals surface area contributed by atoms with Crippen LogP contribution in [-0.4, -0.2) is 36.6 Å². The van der Waals surface area contributed by atoms with Crippen molar-refractivity contribution in [3.8, 4) is 0 Å². The molecule has 0 bridgehead atoms. The second kappa shape index (κ2) is 5.29. The summed E-state index contributed by atoms with van der Waals surface area (Å²) in [4.78, 5) is 13.7. The van der Waals surface area contributed by atoms with Crippen molar-refractivity contribution in [2.45, 2.75) is 19.1 Å². The molecule has 1 amide bonds. The molecule has 1 fully saturated rings. The molecule has 0 saturated carbocycles. The number of carbonyl (C=O) groups is 1. The highest BCUT2D eigenvalue weighted by atomic mass is 16.5. The summed E-state index contributed by atoms with van der Waals surface area (Å²) in [5, 5.41) is 0. The number of nitrogens with two attached hydrogens (primary N) is 1. The third-order valence-corrected chi connectivity index (χ3v) is 3.05. The molecule has 4 heteroatoms. The number of rotatable bonds is 2. The molecule has 1 aliphatic rings. The lowest BCUT2D eigenvalue weighted by Gasteiger charge is -2.38. The van der Waals surface area contributed by atoms with Gasteiger partial charge in [-0.15, -0.1) is 0 Å². The van der Waals surface area contributed by atoms with Crippen molar-refractivity contribution in [3.05, 3.63) is 35.9 Å². The summed E-state index contributed by atoms with van der Waals surface area (Å²) in [6.45, 7) is 3.17. The van der Waals surface area contributed by atoms with E-state index in [2.05, 4.69) is 0 Å². The molecule has 0 aliphatic carbocycles. The van der Waals surface area contributed by atoms with Crippen molar-refractivity contribution in [1.29, 1.82) is 0 Å². The SMILES string of the molecule is CC1CN(C(=O)CN)C(c2ccccc2)CO1. The third kappa shape index (κ3) is 2.65. The summed E-state index contributed by atoms with van der Waals surface area (Å²) >= 11 is 0. The zero-order valence-electron chi connectivity index (χ0n) is 10.0. The molecule has 17 heavy (non-hydrogen) atoms. The Balaban J connectivity index is 2.22. The smallest absolute Gasteiger partial charge is 0.236 e. The second-order valence-electron chi connectivity index (χ2n) is 4.32. The van der Waals surface area contributed by atoms with E-state index in [1.54, 1.807) is 0 Å². The summed E-state index contributed by atoms with van der Waals surface area (Å²) in [6.07, 6.45) is 0.0745. The highest BCUT2D eigenvalue weighted by molar-refractivity contribution is 5.78. The standard InChI is InChI=1S/C13H18N2O2/c1-10-8-15(13(16)7-14)12(9-17-10)11-5-3-2-4-6-11/h2-6,10,12H,7-9,14H2,1H3. The lowest BCUT2D eigenvalue weighted by Crippen LogP contribution is -2.48. The average Bonchev–Trinajstić information content (AvgIpc) is 2.38. The van der Waals surface area contributed by atoms with Gasteiger partial charge in [0, 0.05) is 6.54 Å². The number of ether oxygens (including phenoxy) is 1. The van der Waals surface area contributed by atoms with Gasteiger partial charge in [-0.3, -0.25) is 4.79 Å². The van der Waals surface area contributed by atoms with Gasteiger partial charge in [0.25, 0.3) is 0 Å². The van der Waals surface area contributed by atoms with Crippen molar-refractivity contribution in [3.63, 3.8) is 0 Å². The van der Waals surface area contributed by atoms with E-state index >= 15 is 0 Å². The minimum absolute atomic E-state index is 0.0107. The summed E-state index contributed by atoms with van der Waals surface area (Å²) in [5.41, 5.74) is 6.55. The summed E-state index contributed by atoms with van der Waals surface area (Å²) in [6, 6.07) is 9.92. The van der Waals surface area contributed by atoms with Crippen LogP contribution in [0.1, 0.15) is 18.5 Å². The number of hydrogen-bond acceptors (Lipinski definition) is 3. The van der Waals surface area contributed by atoms with Crippen LogP contribution in [0.25, 0.3) is 0 Å². The van der Waals surface area contributed by atoms with Crippen LogP contribution in [0.4, 0.5) is 0 Å². The monoisotopic (exact) mass is 234 g/mol. The quantitative estimate of drug-likeness (QED) is 0.828. The maximum atomic E-state index is 11.8. The Kier molecular flexibility index (Phi) is 3.76. The highest BCUT2D eigenvalue weighted by Crippen LogP contribution is 2.25. The van der Waals surface area contributed by atoms with E-state index in [0.29, 0.717) is 13.2 Å². The fourth-order valence-electron chi connectivity index (χ4n) is 2.15. The number of carbonyl (C=O) groups excluding carboxylic acids is 1. The Hall–Kier alpha value is -1.39. The van der Waals surface area contributed by atoms with Crippen molar-refractivity contribution in [2.75, 3.05) is 19.7 Å². The lowest BCUT2D eigenvalue weighted by molar-refractivity contribution is -0.143. The van der Waals surface area contributed by atoms with Crippen molar-refractivity contribution in [1.82, 2.24) is 4.90 Å². The van der Waals surface area contributed by atoms with Crippen LogP contribution in [0.3, 0.4) is 0 Å². The van der Waals surface area contributed by atoms with Crippen LogP contribution >= 0.6 is 0 Å². The molecule has 4 nitrogen and oxygen atoms in total. The molecule has 0 spiro atoms. The Bertz CT molecular complexity index is 380. The van der Waals surface area contributed by atoms with Gasteiger partial charge in [-0.2, -0.15) is 0 Å². The van der Waals surface area contributed by atoms with Gasteiger partial charge < -0.3 is 15.4 Å². The predicted octanol–water partition coefficient (Wildman–Crippen LogP) is 0.934. The fourth-order valence-corrected chi connectivity index (χ4v) is 2.15. The van der Waals surface area contributed by atoms with Gasteiger partial charge in [-0.1, -0.05) is 30.3 Å². The minimum Gasteiger partial charge on any atom is -0.374 e. The van der Waals surface area contributed by atoms with Gasteiger partial charge in [0.1, 0.15) is 0 Å². The predicted molar refractivity (Wildman–Crippen MR) is 65.4 cm³/mol. The van der Waals surface area contributed by atoms with E-state index < -0.39 is 0 Å². The minimum atomic E-state index is -0.0194. The Morgan fingerprint density at radius 3 is 2.82 bits per heavy atom. The Morgan fingerprint density at radius 1 is 1.47 bits per heavy atom. The summed E-state index contributed by atoms with van der Waals surface area (Å²) in [5.74, 6) is -0.0194.